The number of likely N-dealkylation sites (N-methyl/N-ethyl adjacent to an activating group) is 1. The minimum Gasteiger partial charge on any atom is -0.477 e. The average molecular weight is 664 g/mol. The van der Waals surface area contributed by atoms with Gasteiger partial charge in [-0.3, -0.25) is 4.79 Å². The number of hydrogen-bond donors (Lipinski definition) is 1. The van der Waals surface area contributed by atoms with Gasteiger partial charge in [-0.2, -0.15) is 13.2 Å². The first-order chi connectivity index (χ1) is 21.8. The Kier molecular flexibility index (Phi) is 9.87. The number of benzene rings is 1. The second-order valence-corrected chi connectivity index (χ2v) is 13.9. The molecule has 0 aliphatic carbocycles. The predicted octanol–water partition coefficient (Wildman–Crippen LogP) is 5.36. The molecule has 5 rings (SSSR count). The van der Waals surface area contributed by atoms with Crippen LogP contribution in [0, 0.1) is 5.82 Å². The van der Waals surface area contributed by atoms with Crippen LogP contribution in [0.25, 0.3) is 11.3 Å². The van der Waals surface area contributed by atoms with E-state index >= 15 is 0 Å². The maximum absolute atomic E-state index is 13.8. The summed E-state index contributed by atoms with van der Waals surface area (Å²) in [6, 6.07) is 8.18. The van der Waals surface area contributed by atoms with Crippen molar-refractivity contribution in [3.8, 4) is 17.1 Å². The Labute approximate surface area is 265 Å². The molecule has 0 radical (unpaired) electrons. The van der Waals surface area contributed by atoms with Crippen LogP contribution in [0.5, 0.6) is 5.88 Å². The maximum atomic E-state index is 13.8. The molecule has 1 aromatic carbocycles. The number of alkyl halides is 3. The molecule has 248 valence electrons. The molecule has 46 heavy (non-hydrogen) atoms. The summed E-state index contributed by atoms with van der Waals surface area (Å²) in [6.45, 7) is 5.73. The highest BCUT2D eigenvalue weighted by atomic mass is 32.2. The molecule has 0 spiro atoms. The minimum atomic E-state index is -5.05. The molecule has 2 fully saturated rings. The number of amides is 1. The normalized spacial score (nSPS) is 20.9. The number of nitrogens with one attached hydrogen (secondary N) is 1. The monoisotopic (exact) mass is 663 g/mol. The van der Waals surface area contributed by atoms with Gasteiger partial charge in [0.05, 0.1) is 39.3 Å². The van der Waals surface area contributed by atoms with Crippen molar-refractivity contribution in [3.63, 3.8) is 0 Å². The Morgan fingerprint density at radius 1 is 1.11 bits per heavy atom. The number of rotatable bonds is 9. The molecule has 0 bridgehead atoms. The summed E-state index contributed by atoms with van der Waals surface area (Å²) in [7, 11) is -2.50. The van der Waals surface area contributed by atoms with Crippen molar-refractivity contribution in [3.05, 3.63) is 65.7 Å². The molecule has 0 saturated carbocycles. The SMILES string of the molecule is CCOc1ncccc1-c1ccc(N2CCC(S(=O)(=O)c3ccc(F)cc3C(F)(F)F)C[C@H]2CC)c(C(=O)N[C@@H]2CCN(C)C2)n1. The number of likely N-dealkylation sites (tertiary alicyclic amines) is 1. The second kappa shape index (κ2) is 13.5. The zero-order chi connectivity index (χ0) is 33.2. The van der Waals surface area contributed by atoms with E-state index in [2.05, 4.69) is 15.2 Å². The number of carbonyl (C=O) groups is 1. The molecule has 2 aromatic heterocycles. The van der Waals surface area contributed by atoms with E-state index in [0.29, 0.717) is 48.5 Å². The van der Waals surface area contributed by atoms with Crippen LogP contribution in [0.15, 0.2) is 53.6 Å². The molecule has 3 aromatic rings. The molecule has 1 N–H and O–H groups in total. The van der Waals surface area contributed by atoms with Crippen molar-refractivity contribution in [2.24, 2.45) is 0 Å². The summed E-state index contributed by atoms with van der Waals surface area (Å²) < 4.78 is 88.0. The number of sulfone groups is 1. The molecular weight excluding hydrogens is 626 g/mol. The van der Waals surface area contributed by atoms with E-state index in [1.54, 1.807) is 30.5 Å². The Balaban J connectivity index is 1.50. The predicted molar refractivity (Wildman–Crippen MR) is 165 cm³/mol. The van der Waals surface area contributed by atoms with Crippen LogP contribution in [0.4, 0.5) is 23.2 Å². The Morgan fingerprint density at radius 2 is 1.89 bits per heavy atom. The third-order valence-electron chi connectivity index (χ3n) is 8.58. The van der Waals surface area contributed by atoms with E-state index in [0.717, 1.165) is 19.0 Å². The van der Waals surface area contributed by atoms with E-state index in [1.165, 1.54) is 0 Å². The van der Waals surface area contributed by atoms with Crippen molar-refractivity contribution in [1.29, 1.82) is 0 Å². The smallest absolute Gasteiger partial charge is 0.417 e. The van der Waals surface area contributed by atoms with E-state index in [9.17, 15) is 30.8 Å². The van der Waals surface area contributed by atoms with Crippen LogP contribution >= 0.6 is 0 Å². The fourth-order valence-corrected chi connectivity index (χ4v) is 8.29. The Hall–Kier alpha value is -3.78. The molecule has 1 amide bonds. The first-order valence-electron chi connectivity index (χ1n) is 15.3. The summed E-state index contributed by atoms with van der Waals surface area (Å²) >= 11 is 0. The second-order valence-electron chi connectivity index (χ2n) is 11.7. The standard InChI is InChI=1S/C32H37F4N5O4S/c1-4-22-18-23(46(43,44)28-11-8-20(33)17-25(28)32(34,35)36)13-16-41(22)27-10-9-26(24-7-6-14-37-31(24)45-5-2)39-29(27)30(42)38-21-12-15-40(3)19-21/h6-11,14,17,21-23H,4-5,12-13,15-16,18-19H2,1-3H3,(H,38,42)/t21-,22-,23?/m1/s1. The fraction of sp³-hybridized carbons (Fsp3) is 0.469. The summed E-state index contributed by atoms with van der Waals surface area (Å²) in [5.74, 6) is -1.19. The van der Waals surface area contributed by atoms with Gasteiger partial charge >= 0.3 is 6.18 Å². The highest BCUT2D eigenvalue weighted by molar-refractivity contribution is 7.92. The van der Waals surface area contributed by atoms with Gasteiger partial charge < -0.3 is 19.9 Å². The topological polar surface area (TPSA) is 105 Å². The van der Waals surface area contributed by atoms with Crippen molar-refractivity contribution in [2.75, 3.05) is 38.2 Å². The summed E-state index contributed by atoms with van der Waals surface area (Å²) in [5.41, 5.74) is 0.199. The van der Waals surface area contributed by atoms with Crippen LogP contribution in [0.2, 0.25) is 0 Å². The van der Waals surface area contributed by atoms with E-state index in [1.807, 2.05) is 25.8 Å². The number of halogens is 4. The van der Waals surface area contributed by atoms with Crippen molar-refractivity contribution in [2.45, 2.75) is 67.9 Å². The minimum absolute atomic E-state index is 0.000824. The lowest BCUT2D eigenvalue weighted by Crippen LogP contribution is -2.47. The van der Waals surface area contributed by atoms with Crippen LogP contribution < -0.4 is 15.0 Å². The van der Waals surface area contributed by atoms with Gasteiger partial charge in [-0.15, -0.1) is 0 Å². The van der Waals surface area contributed by atoms with Gasteiger partial charge in [-0.1, -0.05) is 6.92 Å². The molecule has 2 aliphatic rings. The van der Waals surface area contributed by atoms with Crippen LogP contribution in [0.3, 0.4) is 0 Å². The zero-order valence-corrected chi connectivity index (χ0v) is 26.7. The van der Waals surface area contributed by atoms with Gasteiger partial charge in [-0.25, -0.2) is 22.8 Å². The van der Waals surface area contributed by atoms with E-state index in [4.69, 9.17) is 9.72 Å². The number of piperidine rings is 1. The molecule has 2 aliphatic heterocycles. The van der Waals surface area contributed by atoms with Crippen molar-refractivity contribution < 1.29 is 35.5 Å². The van der Waals surface area contributed by atoms with Gasteiger partial charge in [-0.05, 0) is 88.7 Å². The summed E-state index contributed by atoms with van der Waals surface area (Å²) in [5, 5.41) is 1.95. The number of ether oxygens (including phenoxy) is 1. The van der Waals surface area contributed by atoms with Gasteiger partial charge in [0.2, 0.25) is 5.88 Å². The Bertz CT molecular complexity index is 1690. The molecule has 4 heterocycles. The zero-order valence-electron chi connectivity index (χ0n) is 25.8. The van der Waals surface area contributed by atoms with Crippen LogP contribution in [0.1, 0.15) is 55.6 Å². The third kappa shape index (κ3) is 6.97. The number of carbonyl (C=O) groups excluding carboxylic acids is 1. The number of anilines is 1. The number of aromatic nitrogens is 2. The average Bonchev–Trinajstić information content (AvgIpc) is 3.44. The highest BCUT2D eigenvalue weighted by Crippen LogP contribution is 2.40. The summed E-state index contributed by atoms with van der Waals surface area (Å²) in [6.07, 6.45) is -2.20. The first-order valence-corrected chi connectivity index (χ1v) is 16.8. The third-order valence-corrected chi connectivity index (χ3v) is 10.9. The lowest BCUT2D eigenvalue weighted by molar-refractivity contribution is -0.140. The molecular formula is C32H37F4N5O4S. The highest BCUT2D eigenvalue weighted by Gasteiger charge is 2.43. The molecule has 9 nitrogen and oxygen atoms in total. The lowest BCUT2D eigenvalue weighted by atomic mass is 9.98. The molecule has 2 saturated heterocycles. The van der Waals surface area contributed by atoms with Crippen LogP contribution in [-0.4, -0.2) is 79.8 Å². The number of pyridine rings is 2. The quantitative estimate of drug-likeness (QED) is 0.241. The van der Waals surface area contributed by atoms with Crippen LogP contribution in [-0.2, 0) is 16.0 Å². The summed E-state index contributed by atoms with van der Waals surface area (Å²) in [4.78, 5) is 26.0. The van der Waals surface area contributed by atoms with E-state index in [-0.39, 0.29) is 43.1 Å². The van der Waals surface area contributed by atoms with Gasteiger partial charge in [0.25, 0.3) is 5.91 Å². The molecule has 14 heteroatoms. The van der Waals surface area contributed by atoms with Gasteiger partial charge in [0, 0.05) is 31.4 Å². The largest absolute Gasteiger partial charge is 0.477 e. The fourth-order valence-electron chi connectivity index (χ4n) is 6.30. The molecule has 1 unspecified atom stereocenters. The van der Waals surface area contributed by atoms with Crippen molar-refractivity contribution >= 4 is 21.4 Å². The van der Waals surface area contributed by atoms with Gasteiger partial charge in [0.15, 0.2) is 15.5 Å². The Morgan fingerprint density at radius 3 is 2.57 bits per heavy atom. The van der Waals surface area contributed by atoms with Gasteiger partial charge in [0.1, 0.15) is 5.82 Å². The first kappa shape index (κ1) is 33.6. The maximum Gasteiger partial charge on any atom is 0.417 e. The van der Waals surface area contributed by atoms with E-state index < -0.39 is 43.6 Å². The van der Waals surface area contributed by atoms with Crippen molar-refractivity contribution in [1.82, 2.24) is 20.2 Å². The number of nitrogens with zero attached hydrogens (tertiary/aromatic N) is 4. The number of hydrogen-bond acceptors (Lipinski definition) is 8. The molecule has 3 atom stereocenters. The lowest BCUT2D eigenvalue weighted by Gasteiger charge is -2.41.